The molecule has 1 saturated carbocycles. The van der Waals surface area contributed by atoms with Crippen molar-refractivity contribution in [3.8, 4) is 0 Å². The van der Waals surface area contributed by atoms with Crippen molar-refractivity contribution in [3.63, 3.8) is 0 Å². The van der Waals surface area contributed by atoms with Crippen LogP contribution in [-0.2, 0) is 4.79 Å². The van der Waals surface area contributed by atoms with Gasteiger partial charge in [-0.1, -0.05) is 19.8 Å². The predicted octanol–water partition coefficient (Wildman–Crippen LogP) is 2.41. The van der Waals surface area contributed by atoms with Crippen molar-refractivity contribution in [2.75, 3.05) is 19.6 Å². The number of nitrogens with one attached hydrogen (secondary N) is 1. The highest BCUT2D eigenvalue weighted by atomic mass is 16.2. The number of hydrogen-bond donors (Lipinski definition) is 1. The molecule has 0 aliphatic heterocycles. The van der Waals surface area contributed by atoms with E-state index in [4.69, 9.17) is 0 Å². The zero-order valence-corrected chi connectivity index (χ0v) is 11.7. The molecule has 0 aromatic rings. The lowest BCUT2D eigenvalue weighted by molar-refractivity contribution is -0.130. The molecule has 0 aromatic heterocycles. The van der Waals surface area contributed by atoms with Crippen LogP contribution in [0.1, 0.15) is 52.9 Å². The largest absolute Gasteiger partial charge is 0.342 e. The molecule has 1 amide bonds. The number of hydrogen-bond acceptors (Lipinski definition) is 2. The van der Waals surface area contributed by atoms with E-state index in [2.05, 4.69) is 12.2 Å². The lowest BCUT2D eigenvalue weighted by atomic mass is 10.0. The van der Waals surface area contributed by atoms with Gasteiger partial charge in [-0.2, -0.15) is 0 Å². The molecule has 3 nitrogen and oxygen atoms in total. The van der Waals surface area contributed by atoms with Gasteiger partial charge in [-0.25, -0.2) is 0 Å². The van der Waals surface area contributed by atoms with Crippen LogP contribution in [0.25, 0.3) is 0 Å². The molecule has 0 saturated heterocycles. The summed E-state index contributed by atoms with van der Waals surface area (Å²) in [4.78, 5) is 13.8. The third kappa shape index (κ3) is 5.07. The van der Waals surface area contributed by atoms with Crippen molar-refractivity contribution in [2.24, 2.45) is 5.92 Å². The van der Waals surface area contributed by atoms with E-state index in [9.17, 15) is 4.79 Å². The smallest absolute Gasteiger partial charge is 0.236 e. The highest BCUT2D eigenvalue weighted by Gasteiger charge is 2.17. The molecule has 1 aliphatic rings. The number of rotatable bonds is 5. The van der Waals surface area contributed by atoms with Gasteiger partial charge in [-0.15, -0.1) is 0 Å². The number of nitrogens with zero attached hydrogens (tertiary/aromatic N) is 1. The van der Waals surface area contributed by atoms with Crippen LogP contribution in [-0.4, -0.2) is 36.5 Å². The van der Waals surface area contributed by atoms with E-state index in [1.54, 1.807) is 0 Å². The van der Waals surface area contributed by atoms with Crippen LogP contribution in [0.5, 0.6) is 0 Å². The van der Waals surface area contributed by atoms with E-state index in [1.165, 1.54) is 32.1 Å². The molecule has 1 rings (SSSR count). The molecule has 1 fully saturated rings. The van der Waals surface area contributed by atoms with E-state index in [0.29, 0.717) is 12.6 Å². The van der Waals surface area contributed by atoms with E-state index < -0.39 is 0 Å². The first kappa shape index (κ1) is 14.5. The van der Waals surface area contributed by atoms with Gasteiger partial charge >= 0.3 is 0 Å². The summed E-state index contributed by atoms with van der Waals surface area (Å²) in [5.41, 5.74) is 0. The second-order valence-corrected chi connectivity index (χ2v) is 5.26. The normalized spacial score (nSPS) is 25.4. The van der Waals surface area contributed by atoms with Gasteiger partial charge in [0.05, 0.1) is 6.54 Å². The Morgan fingerprint density at radius 1 is 1.18 bits per heavy atom. The molecular weight excluding hydrogens is 212 g/mol. The molecule has 0 radical (unpaired) electrons. The van der Waals surface area contributed by atoms with Crippen molar-refractivity contribution in [3.05, 3.63) is 0 Å². The second-order valence-electron chi connectivity index (χ2n) is 5.26. The fourth-order valence-electron chi connectivity index (χ4n) is 2.61. The van der Waals surface area contributed by atoms with Crippen LogP contribution in [0.3, 0.4) is 0 Å². The summed E-state index contributed by atoms with van der Waals surface area (Å²) in [7, 11) is 0. The van der Waals surface area contributed by atoms with E-state index in [-0.39, 0.29) is 5.91 Å². The van der Waals surface area contributed by atoms with Gasteiger partial charge < -0.3 is 10.2 Å². The Morgan fingerprint density at radius 2 is 1.88 bits per heavy atom. The standard InChI is InChI=1S/C14H28N2O/c1-4-16(5-2)14(17)11-15-13-8-6-7-12(3)9-10-13/h12-13,15H,4-11H2,1-3H3. The first-order valence-corrected chi connectivity index (χ1v) is 7.18. The molecule has 2 unspecified atom stereocenters. The zero-order chi connectivity index (χ0) is 12.7. The predicted molar refractivity (Wildman–Crippen MR) is 72.0 cm³/mol. The van der Waals surface area contributed by atoms with Crippen molar-refractivity contribution >= 4 is 5.91 Å². The van der Waals surface area contributed by atoms with Crippen molar-refractivity contribution in [1.29, 1.82) is 0 Å². The summed E-state index contributed by atoms with van der Waals surface area (Å²) in [5, 5.41) is 3.44. The Balaban J connectivity index is 2.27. The van der Waals surface area contributed by atoms with Gasteiger partial charge in [0.25, 0.3) is 0 Å². The summed E-state index contributed by atoms with van der Waals surface area (Å²) < 4.78 is 0. The Labute approximate surface area is 106 Å². The lowest BCUT2D eigenvalue weighted by Gasteiger charge is -2.21. The molecule has 17 heavy (non-hydrogen) atoms. The molecule has 100 valence electrons. The van der Waals surface area contributed by atoms with Gasteiger partial charge in [0.1, 0.15) is 0 Å². The van der Waals surface area contributed by atoms with Gasteiger partial charge in [-0.3, -0.25) is 4.79 Å². The summed E-state index contributed by atoms with van der Waals surface area (Å²) in [6.45, 7) is 8.56. The van der Waals surface area contributed by atoms with Crippen LogP contribution in [0.4, 0.5) is 0 Å². The Kier molecular flexibility index (Phi) is 6.56. The van der Waals surface area contributed by atoms with Crippen LogP contribution >= 0.6 is 0 Å². The Hall–Kier alpha value is -0.570. The number of amides is 1. The molecule has 1 aliphatic carbocycles. The molecule has 0 heterocycles. The molecule has 0 spiro atoms. The monoisotopic (exact) mass is 240 g/mol. The van der Waals surface area contributed by atoms with Crippen LogP contribution < -0.4 is 5.32 Å². The molecule has 2 atom stereocenters. The summed E-state index contributed by atoms with van der Waals surface area (Å²) >= 11 is 0. The maximum Gasteiger partial charge on any atom is 0.236 e. The van der Waals surface area contributed by atoms with E-state index >= 15 is 0 Å². The average molecular weight is 240 g/mol. The minimum Gasteiger partial charge on any atom is -0.342 e. The quantitative estimate of drug-likeness (QED) is 0.749. The third-order valence-electron chi connectivity index (χ3n) is 3.92. The number of likely N-dealkylation sites (N-methyl/N-ethyl adjacent to an activating group) is 1. The Bertz CT molecular complexity index is 226. The second kappa shape index (κ2) is 7.70. The van der Waals surface area contributed by atoms with Crippen LogP contribution in [0.2, 0.25) is 0 Å². The topological polar surface area (TPSA) is 32.3 Å². The van der Waals surface area contributed by atoms with Gasteiger partial charge in [-0.05, 0) is 39.0 Å². The van der Waals surface area contributed by atoms with Gasteiger partial charge in [0.2, 0.25) is 5.91 Å². The minimum absolute atomic E-state index is 0.243. The lowest BCUT2D eigenvalue weighted by Crippen LogP contribution is -2.41. The summed E-state index contributed by atoms with van der Waals surface area (Å²) in [6, 6.07) is 0.555. The molecule has 3 heteroatoms. The van der Waals surface area contributed by atoms with Gasteiger partial charge in [0, 0.05) is 19.1 Å². The first-order chi connectivity index (χ1) is 8.17. The maximum absolute atomic E-state index is 11.9. The SMILES string of the molecule is CCN(CC)C(=O)CNC1CCCC(C)CC1. The molecular formula is C14H28N2O. The van der Waals surface area contributed by atoms with E-state index in [0.717, 1.165) is 19.0 Å². The van der Waals surface area contributed by atoms with Gasteiger partial charge in [0.15, 0.2) is 0 Å². The number of carbonyl (C=O) groups excluding carboxylic acids is 1. The zero-order valence-electron chi connectivity index (χ0n) is 11.7. The van der Waals surface area contributed by atoms with Crippen LogP contribution in [0, 0.1) is 5.92 Å². The third-order valence-corrected chi connectivity index (χ3v) is 3.92. The first-order valence-electron chi connectivity index (χ1n) is 7.18. The average Bonchev–Trinajstić information content (AvgIpc) is 2.53. The molecule has 0 bridgehead atoms. The van der Waals surface area contributed by atoms with Crippen molar-refractivity contribution < 1.29 is 4.79 Å². The van der Waals surface area contributed by atoms with Crippen molar-refractivity contribution in [1.82, 2.24) is 10.2 Å². The summed E-state index contributed by atoms with van der Waals surface area (Å²) in [6.07, 6.45) is 6.42. The fourth-order valence-corrected chi connectivity index (χ4v) is 2.61. The van der Waals surface area contributed by atoms with Crippen LogP contribution in [0.15, 0.2) is 0 Å². The minimum atomic E-state index is 0.243. The highest BCUT2D eigenvalue weighted by molar-refractivity contribution is 5.78. The number of carbonyl (C=O) groups is 1. The van der Waals surface area contributed by atoms with Crippen molar-refractivity contribution in [2.45, 2.75) is 58.9 Å². The maximum atomic E-state index is 11.9. The highest BCUT2D eigenvalue weighted by Crippen LogP contribution is 2.22. The summed E-state index contributed by atoms with van der Waals surface area (Å²) in [5.74, 6) is 1.10. The Morgan fingerprint density at radius 3 is 2.53 bits per heavy atom. The molecule has 0 aromatic carbocycles. The van der Waals surface area contributed by atoms with E-state index in [1.807, 2.05) is 18.7 Å². The molecule has 1 N–H and O–H groups in total. The fraction of sp³-hybridized carbons (Fsp3) is 0.929.